The van der Waals surface area contributed by atoms with Crippen LogP contribution in [0.15, 0.2) is 74.0 Å². The van der Waals surface area contributed by atoms with E-state index in [1.165, 1.54) is 12.4 Å². The molecular formula is C28H24ClN7O2. The van der Waals surface area contributed by atoms with Crippen molar-refractivity contribution in [2.45, 2.75) is 6.92 Å². The number of amides is 1. The molecule has 1 amide bonds. The second-order valence-corrected chi connectivity index (χ2v) is 9.44. The number of fused-ring (bicyclic) bond motifs is 2. The van der Waals surface area contributed by atoms with E-state index in [-0.39, 0.29) is 5.91 Å². The molecule has 10 heteroatoms. The van der Waals surface area contributed by atoms with Crippen molar-refractivity contribution in [3.05, 3.63) is 84.7 Å². The Labute approximate surface area is 224 Å². The van der Waals surface area contributed by atoms with Gasteiger partial charge >= 0.3 is 0 Å². The summed E-state index contributed by atoms with van der Waals surface area (Å²) in [5.41, 5.74) is 5.35. The molecule has 0 radical (unpaired) electrons. The third-order valence-corrected chi connectivity index (χ3v) is 7.07. The van der Waals surface area contributed by atoms with Crippen LogP contribution >= 0.6 is 11.6 Å². The first-order valence-corrected chi connectivity index (χ1v) is 12.6. The van der Waals surface area contributed by atoms with Crippen LogP contribution in [0.1, 0.15) is 5.69 Å². The average Bonchev–Trinajstić information content (AvgIpc) is 3.42. The zero-order valence-corrected chi connectivity index (χ0v) is 21.5. The Bertz CT molecular complexity index is 1690. The maximum Gasteiger partial charge on any atom is 0.246 e. The SMILES string of the molecule is C=CC(=O)N1CCN(c2cc(-c3ccc(Oc4ccn5ncnc5c4)c(Cl)c3)c3ncnc(C)c3c2)CC1. The number of hydrogen-bond acceptors (Lipinski definition) is 7. The van der Waals surface area contributed by atoms with Crippen LogP contribution in [0, 0.1) is 6.92 Å². The number of rotatable bonds is 5. The highest BCUT2D eigenvalue weighted by Gasteiger charge is 2.21. The number of aryl methyl sites for hydroxylation is 1. The molecule has 3 aromatic heterocycles. The van der Waals surface area contributed by atoms with Crippen molar-refractivity contribution >= 4 is 39.7 Å². The number of aromatic nitrogens is 5. The van der Waals surface area contributed by atoms with Crippen LogP contribution in [0.3, 0.4) is 0 Å². The topological polar surface area (TPSA) is 88.8 Å². The summed E-state index contributed by atoms with van der Waals surface area (Å²) in [7, 11) is 0. The quantitative estimate of drug-likeness (QED) is 0.301. The van der Waals surface area contributed by atoms with Crippen LogP contribution in [0.2, 0.25) is 5.02 Å². The molecule has 4 heterocycles. The Morgan fingerprint density at radius 3 is 2.66 bits per heavy atom. The van der Waals surface area contributed by atoms with Crippen molar-refractivity contribution in [2.75, 3.05) is 31.1 Å². The normalized spacial score (nSPS) is 13.7. The molecule has 0 atom stereocenters. The number of carbonyl (C=O) groups excluding carboxylic acids is 1. The molecular weight excluding hydrogens is 502 g/mol. The Kier molecular flexibility index (Phi) is 6.13. The number of anilines is 1. The Balaban J connectivity index is 1.34. The van der Waals surface area contributed by atoms with Gasteiger partial charge in [-0.1, -0.05) is 24.2 Å². The first kappa shape index (κ1) is 23.9. The maximum atomic E-state index is 12.0. The Hall–Kier alpha value is -4.50. The molecule has 9 nitrogen and oxygen atoms in total. The van der Waals surface area contributed by atoms with E-state index in [0.29, 0.717) is 35.3 Å². The van der Waals surface area contributed by atoms with Crippen LogP contribution in [-0.4, -0.2) is 61.6 Å². The van der Waals surface area contributed by atoms with E-state index in [4.69, 9.17) is 16.3 Å². The molecule has 1 aliphatic heterocycles. The van der Waals surface area contributed by atoms with Crippen LogP contribution in [0.5, 0.6) is 11.5 Å². The number of benzene rings is 2. The molecule has 1 saturated heterocycles. The van der Waals surface area contributed by atoms with Crippen LogP contribution in [-0.2, 0) is 4.79 Å². The van der Waals surface area contributed by atoms with Crippen LogP contribution in [0.4, 0.5) is 5.69 Å². The lowest BCUT2D eigenvalue weighted by Crippen LogP contribution is -2.48. The third kappa shape index (κ3) is 4.41. The molecule has 0 bridgehead atoms. The smallest absolute Gasteiger partial charge is 0.246 e. The van der Waals surface area contributed by atoms with Crippen molar-refractivity contribution in [3.63, 3.8) is 0 Å². The van der Waals surface area contributed by atoms with Crippen LogP contribution < -0.4 is 9.64 Å². The van der Waals surface area contributed by atoms with Gasteiger partial charge in [-0.3, -0.25) is 4.79 Å². The molecule has 38 heavy (non-hydrogen) atoms. The summed E-state index contributed by atoms with van der Waals surface area (Å²) in [6.45, 7) is 8.31. The summed E-state index contributed by atoms with van der Waals surface area (Å²) >= 11 is 6.71. The van der Waals surface area contributed by atoms with E-state index in [1.54, 1.807) is 23.1 Å². The van der Waals surface area contributed by atoms with Crippen molar-refractivity contribution < 1.29 is 9.53 Å². The molecule has 0 spiro atoms. The lowest BCUT2D eigenvalue weighted by molar-refractivity contribution is -0.126. The second-order valence-electron chi connectivity index (χ2n) is 9.04. The van der Waals surface area contributed by atoms with E-state index in [1.807, 2.05) is 36.1 Å². The highest BCUT2D eigenvalue weighted by Crippen LogP contribution is 2.38. The minimum Gasteiger partial charge on any atom is -0.456 e. The number of hydrogen-bond donors (Lipinski definition) is 0. The fourth-order valence-electron chi connectivity index (χ4n) is 4.73. The van der Waals surface area contributed by atoms with E-state index in [2.05, 4.69) is 43.7 Å². The third-order valence-electron chi connectivity index (χ3n) is 6.78. The van der Waals surface area contributed by atoms with Gasteiger partial charge in [0.25, 0.3) is 0 Å². The molecule has 6 rings (SSSR count). The summed E-state index contributed by atoms with van der Waals surface area (Å²) in [6, 6.07) is 13.6. The van der Waals surface area contributed by atoms with Crippen molar-refractivity contribution in [2.24, 2.45) is 0 Å². The highest BCUT2D eigenvalue weighted by atomic mass is 35.5. The molecule has 1 aliphatic rings. The minimum absolute atomic E-state index is 0.0357. The van der Waals surface area contributed by atoms with E-state index < -0.39 is 0 Å². The van der Waals surface area contributed by atoms with Crippen molar-refractivity contribution in [3.8, 4) is 22.6 Å². The molecule has 2 aromatic carbocycles. The molecule has 0 N–H and O–H groups in total. The van der Waals surface area contributed by atoms with Gasteiger partial charge in [-0.25, -0.2) is 19.5 Å². The van der Waals surface area contributed by atoms with Gasteiger partial charge < -0.3 is 14.5 Å². The maximum absolute atomic E-state index is 12.0. The lowest BCUT2D eigenvalue weighted by Gasteiger charge is -2.36. The summed E-state index contributed by atoms with van der Waals surface area (Å²) in [4.78, 5) is 29.4. The second kappa shape index (κ2) is 9.75. The summed E-state index contributed by atoms with van der Waals surface area (Å²) < 4.78 is 7.72. The number of carbonyl (C=O) groups is 1. The number of halogens is 1. The molecule has 0 aliphatic carbocycles. The van der Waals surface area contributed by atoms with Gasteiger partial charge in [-0.2, -0.15) is 5.10 Å². The Morgan fingerprint density at radius 2 is 1.87 bits per heavy atom. The van der Waals surface area contributed by atoms with Gasteiger partial charge in [0.05, 0.1) is 10.5 Å². The first-order chi connectivity index (χ1) is 18.5. The van der Waals surface area contributed by atoms with E-state index >= 15 is 0 Å². The fraction of sp³-hybridized carbons (Fsp3) is 0.179. The average molecular weight is 526 g/mol. The minimum atomic E-state index is -0.0357. The van der Waals surface area contributed by atoms with Crippen molar-refractivity contribution in [1.29, 1.82) is 0 Å². The number of pyridine rings is 1. The predicted molar refractivity (Wildman–Crippen MR) is 147 cm³/mol. The number of piperazine rings is 1. The molecule has 1 fully saturated rings. The van der Waals surface area contributed by atoms with Crippen molar-refractivity contribution in [1.82, 2.24) is 29.5 Å². The number of nitrogens with zero attached hydrogens (tertiary/aromatic N) is 7. The van der Waals surface area contributed by atoms with Gasteiger partial charge in [0, 0.05) is 60.8 Å². The fourth-order valence-corrected chi connectivity index (χ4v) is 4.95. The molecule has 190 valence electrons. The van der Waals surface area contributed by atoms with E-state index in [0.717, 1.165) is 46.5 Å². The van der Waals surface area contributed by atoms with Gasteiger partial charge in [0.15, 0.2) is 5.65 Å². The number of ether oxygens (including phenoxy) is 1. The Morgan fingerprint density at radius 1 is 1.03 bits per heavy atom. The highest BCUT2D eigenvalue weighted by molar-refractivity contribution is 6.32. The van der Waals surface area contributed by atoms with Gasteiger partial charge in [-0.15, -0.1) is 0 Å². The molecule has 0 saturated carbocycles. The van der Waals surface area contributed by atoms with Crippen LogP contribution in [0.25, 0.3) is 27.7 Å². The zero-order chi connectivity index (χ0) is 26.2. The van der Waals surface area contributed by atoms with Gasteiger partial charge in [0.1, 0.15) is 24.2 Å². The van der Waals surface area contributed by atoms with E-state index in [9.17, 15) is 4.79 Å². The monoisotopic (exact) mass is 525 g/mol. The predicted octanol–water partition coefficient (Wildman–Crippen LogP) is 4.93. The largest absolute Gasteiger partial charge is 0.456 e. The lowest BCUT2D eigenvalue weighted by atomic mass is 9.99. The summed E-state index contributed by atoms with van der Waals surface area (Å²) in [6.07, 6.45) is 6.23. The molecule has 5 aromatic rings. The van der Waals surface area contributed by atoms with Gasteiger partial charge in [-0.05, 0) is 48.9 Å². The van der Waals surface area contributed by atoms with Gasteiger partial charge in [0.2, 0.25) is 5.91 Å². The standard InChI is InChI=1S/C28H24ClN7O2/c1-3-27(37)35-10-8-34(9-11-35)20-13-22-18(2)30-16-32-28(22)23(14-20)19-4-5-25(24(29)12-19)38-21-6-7-36-26(15-21)31-17-33-36/h3-7,12-17H,1,8-11H2,2H3. The summed E-state index contributed by atoms with van der Waals surface area (Å²) in [5, 5.41) is 5.56. The first-order valence-electron chi connectivity index (χ1n) is 12.2. The summed E-state index contributed by atoms with van der Waals surface area (Å²) in [5.74, 6) is 1.12. The molecule has 0 unspecified atom stereocenters. The zero-order valence-electron chi connectivity index (χ0n) is 20.7.